The van der Waals surface area contributed by atoms with Crippen molar-refractivity contribution in [1.82, 2.24) is 4.90 Å². The van der Waals surface area contributed by atoms with E-state index in [0.717, 1.165) is 51.6 Å². The molecular weight excluding hydrogens is 306 g/mol. The molecule has 2 unspecified atom stereocenters. The lowest BCUT2D eigenvalue weighted by atomic mass is 9.76. The van der Waals surface area contributed by atoms with Gasteiger partial charge in [-0.05, 0) is 65.7 Å². The largest absolute Gasteiger partial charge is 0.444 e. The first-order chi connectivity index (χ1) is 11.3. The number of methoxy groups -OCH3 is 1. The molecule has 2 saturated heterocycles. The molecule has 2 aliphatic heterocycles. The third-order valence-corrected chi connectivity index (χ3v) is 5.06. The molecule has 138 valence electrons. The summed E-state index contributed by atoms with van der Waals surface area (Å²) in [7, 11) is 1.69. The maximum Gasteiger partial charge on any atom is 0.410 e. The van der Waals surface area contributed by atoms with Gasteiger partial charge in [-0.3, -0.25) is 4.79 Å². The van der Waals surface area contributed by atoms with Crippen LogP contribution in [0.15, 0.2) is 0 Å². The quantitative estimate of drug-likeness (QED) is 0.688. The molecule has 0 spiro atoms. The van der Waals surface area contributed by atoms with Gasteiger partial charge in [0.05, 0.1) is 0 Å². The highest BCUT2D eigenvalue weighted by atomic mass is 16.6. The Morgan fingerprint density at radius 3 is 2.25 bits per heavy atom. The van der Waals surface area contributed by atoms with E-state index in [2.05, 4.69) is 0 Å². The van der Waals surface area contributed by atoms with Crippen LogP contribution in [0.2, 0.25) is 0 Å². The number of carbonyl (C=O) groups is 2. The van der Waals surface area contributed by atoms with Crippen molar-refractivity contribution in [3.8, 4) is 0 Å². The van der Waals surface area contributed by atoms with Gasteiger partial charge in [0.15, 0.2) is 0 Å². The zero-order chi connectivity index (χ0) is 17.7. The number of ether oxygens (including phenoxy) is 2. The second kappa shape index (κ2) is 8.32. The smallest absolute Gasteiger partial charge is 0.410 e. The fraction of sp³-hybridized carbons (Fsp3) is 0.895. The van der Waals surface area contributed by atoms with E-state index < -0.39 is 5.60 Å². The maximum absolute atomic E-state index is 12.6. The number of fused-ring (bicyclic) bond motifs is 2. The van der Waals surface area contributed by atoms with Crippen molar-refractivity contribution in [2.45, 2.75) is 89.8 Å². The molecule has 24 heavy (non-hydrogen) atoms. The summed E-state index contributed by atoms with van der Waals surface area (Å²) in [6.45, 7) is 6.42. The summed E-state index contributed by atoms with van der Waals surface area (Å²) in [5.41, 5.74) is -0.473. The van der Waals surface area contributed by atoms with Gasteiger partial charge in [0, 0.05) is 38.1 Å². The summed E-state index contributed by atoms with van der Waals surface area (Å²) in [6.07, 6.45) is 7.00. The summed E-state index contributed by atoms with van der Waals surface area (Å²) in [5.74, 6) is 0.480. The fourth-order valence-electron chi connectivity index (χ4n) is 4.01. The summed E-state index contributed by atoms with van der Waals surface area (Å²) in [4.78, 5) is 27.0. The number of hydrogen-bond acceptors (Lipinski definition) is 4. The van der Waals surface area contributed by atoms with E-state index in [-0.39, 0.29) is 24.1 Å². The molecule has 0 N–H and O–H groups in total. The number of rotatable bonds is 6. The van der Waals surface area contributed by atoms with Crippen LogP contribution in [0.25, 0.3) is 0 Å². The van der Waals surface area contributed by atoms with E-state index in [1.165, 1.54) is 0 Å². The average molecular weight is 339 g/mol. The molecule has 5 nitrogen and oxygen atoms in total. The lowest BCUT2D eigenvalue weighted by molar-refractivity contribution is -0.127. The van der Waals surface area contributed by atoms with Gasteiger partial charge in [-0.25, -0.2) is 4.79 Å². The van der Waals surface area contributed by atoms with E-state index in [9.17, 15) is 9.59 Å². The Bertz CT molecular complexity index is 429. The van der Waals surface area contributed by atoms with E-state index in [4.69, 9.17) is 9.47 Å². The Hall–Kier alpha value is -1.10. The topological polar surface area (TPSA) is 55.8 Å². The Labute approximate surface area is 146 Å². The highest BCUT2D eigenvalue weighted by molar-refractivity contribution is 5.81. The molecule has 0 saturated carbocycles. The fourth-order valence-corrected chi connectivity index (χ4v) is 4.01. The van der Waals surface area contributed by atoms with Crippen molar-refractivity contribution < 1.29 is 19.1 Å². The van der Waals surface area contributed by atoms with Crippen LogP contribution in [0, 0.1) is 5.92 Å². The number of ketones is 1. The van der Waals surface area contributed by atoms with E-state index >= 15 is 0 Å². The second-order valence-corrected chi connectivity index (χ2v) is 8.21. The summed E-state index contributed by atoms with van der Waals surface area (Å²) >= 11 is 0. The molecule has 0 aromatic heterocycles. The van der Waals surface area contributed by atoms with E-state index in [1.807, 2.05) is 25.7 Å². The number of Topliss-reactive ketones (excluding diaryl/α,β-unsaturated/α-hetero) is 1. The van der Waals surface area contributed by atoms with Crippen molar-refractivity contribution in [1.29, 1.82) is 0 Å². The van der Waals surface area contributed by atoms with Gasteiger partial charge in [-0.15, -0.1) is 0 Å². The van der Waals surface area contributed by atoms with Crippen LogP contribution in [0.4, 0.5) is 4.79 Å². The van der Waals surface area contributed by atoms with Crippen LogP contribution >= 0.6 is 0 Å². The minimum atomic E-state index is -0.473. The van der Waals surface area contributed by atoms with Crippen molar-refractivity contribution in [2.24, 2.45) is 5.92 Å². The molecule has 2 heterocycles. The number of carbonyl (C=O) groups excluding carboxylic acids is 2. The van der Waals surface area contributed by atoms with Crippen LogP contribution in [-0.2, 0) is 14.3 Å². The first-order valence-electron chi connectivity index (χ1n) is 9.35. The number of hydrogen-bond donors (Lipinski definition) is 0. The summed E-state index contributed by atoms with van der Waals surface area (Å²) < 4.78 is 10.6. The average Bonchev–Trinajstić information content (AvgIpc) is 2.48. The number of nitrogens with zero attached hydrogens (tertiary/aromatic N) is 1. The highest BCUT2D eigenvalue weighted by Gasteiger charge is 2.43. The third-order valence-electron chi connectivity index (χ3n) is 5.06. The predicted octanol–water partition coefficient (Wildman–Crippen LogP) is 3.94. The predicted molar refractivity (Wildman–Crippen MR) is 93.0 cm³/mol. The van der Waals surface area contributed by atoms with Crippen molar-refractivity contribution in [3.63, 3.8) is 0 Å². The van der Waals surface area contributed by atoms with Gasteiger partial charge in [-0.1, -0.05) is 0 Å². The Kier molecular flexibility index (Phi) is 6.67. The SMILES string of the molecule is COCCCCC(=O)C1CC2CCCC(C1)N2C(=O)OC(C)(C)C. The van der Waals surface area contributed by atoms with Gasteiger partial charge >= 0.3 is 6.09 Å². The molecule has 2 rings (SSSR count). The van der Waals surface area contributed by atoms with Gasteiger partial charge in [-0.2, -0.15) is 0 Å². The molecule has 0 aromatic carbocycles. The Morgan fingerprint density at radius 2 is 1.71 bits per heavy atom. The van der Waals surface area contributed by atoms with Gasteiger partial charge in [0.25, 0.3) is 0 Å². The minimum absolute atomic E-state index is 0.113. The van der Waals surface area contributed by atoms with Crippen LogP contribution in [0.1, 0.15) is 72.1 Å². The number of unbranched alkanes of at least 4 members (excludes halogenated alkanes) is 1. The molecule has 1 amide bonds. The Balaban J connectivity index is 1.92. The monoisotopic (exact) mass is 339 g/mol. The van der Waals surface area contributed by atoms with Crippen LogP contribution in [0.5, 0.6) is 0 Å². The molecule has 2 aliphatic rings. The lowest BCUT2D eigenvalue weighted by Crippen LogP contribution is -2.56. The third kappa shape index (κ3) is 5.20. The van der Waals surface area contributed by atoms with Gasteiger partial charge < -0.3 is 14.4 Å². The maximum atomic E-state index is 12.6. The molecule has 2 atom stereocenters. The second-order valence-electron chi connectivity index (χ2n) is 8.21. The molecule has 5 heteroatoms. The zero-order valence-electron chi connectivity index (χ0n) is 15.7. The van der Waals surface area contributed by atoms with E-state index in [1.54, 1.807) is 7.11 Å². The van der Waals surface area contributed by atoms with Crippen LogP contribution < -0.4 is 0 Å². The first kappa shape index (κ1) is 19.2. The van der Waals surface area contributed by atoms with Crippen molar-refractivity contribution in [2.75, 3.05) is 13.7 Å². The first-order valence-corrected chi connectivity index (χ1v) is 9.35. The normalized spacial score (nSPS) is 27.0. The van der Waals surface area contributed by atoms with Crippen LogP contribution in [-0.4, -0.2) is 48.2 Å². The zero-order valence-corrected chi connectivity index (χ0v) is 15.7. The molecule has 0 radical (unpaired) electrons. The molecule has 2 bridgehead atoms. The van der Waals surface area contributed by atoms with E-state index in [0.29, 0.717) is 12.2 Å². The molecule has 0 aromatic rings. The number of amides is 1. The lowest BCUT2D eigenvalue weighted by Gasteiger charge is -2.48. The Morgan fingerprint density at radius 1 is 1.08 bits per heavy atom. The van der Waals surface area contributed by atoms with Gasteiger partial charge in [0.1, 0.15) is 11.4 Å². The van der Waals surface area contributed by atoms with Crippen molar-refractivity contribution >= 4 is 11.9 Å². The molecular formula is C19H33NO4. The van der Waals surface area contributed by atoms with Crippen molar-refractivity contribution in [3.05, 3.63) is 0 Å². The highest BCUT2D eigenvalue weighted by Crippen LogP contribution is 2.38. The summed E-state index contributed by atoms with van der Waals surface area (Å²) in [6, 6.07) is 0.334. The summed E-state index contributed by atoms with van der Waals surface area (Å²) in [5, 5.41) is 0. The minimum Gasteiger partial charge on any atom is -0.444 e. The molecule has 2 fully saturated rings. The standard InChI is InChI=1S/C19H33NO4/c1-19(2,3)24-18(22)20-15-8-7-9-16(20)13-14(12-15)17(21)10-5-6-11-23-4/h14-16H,5-13H2,1-4H3. The van der Waals surface area contributed by atoms with Gasteiger partial charge in [0.2, 0.25) is 0 Å². The van der Waals surface area contributed by atoms with Crippen LogP contribution in [0.3, 0.4) is 0 Å². The number of piperidine rings is 2. The molecule has 0 aliphatic carbocycles.